The molecule has 24 heavy (non-hydrogen) atoms. The number of amides is 1. The van der Waals surface area contributed by atoms with Crippen molar-refractivity contribution in [2.45, 2.75) is 25.7 Å². The molecule has 2 aromatic rings. The molecular weight excluding hydrogens is 345 g/mol. The highest BCUT2D eigenvalue weighted by atomic mass is 35.5. The van der Waals surface area contributed by atoms with Crippen LogP contribution in [0.5, 0.6) is 0 Å². The van der Waals surface area contributed by atoms with E-state index in [0.29, 0.717) is 21.4 Å². The van der Waals surface area contributed by atoms with Crippen molar-refractivity contribution in [3.63, 3.8) is 0 Å². The fraction of sp³-hybridized carbons (Fsp3) is 0.333. The summed E-state index contributed by atoms with van der Waals surface area (Å²) in [4.78, 5) is 19.0. The minimum absolute atomic E-state index is 0.296. The molecule has 0 aliphatic carbocycles. The Morgan fingerprint density at radius 3 is 2.58 bits per heavy atom. The second-order valence-electron chi connectivity index (χ2n) is 5.86. The average molecular weight is 364 g/mol. The summed E-state index contributed by atoms with van der Waals surface area (Å²) in [6.45, 7) is 2.04. The fourth-order valence-electron chi connectivity index (χ4n) is 2.86. The zero-order chi connectivity index (χ0) is 16.9. The van der Waals surface area contributed by atoms with Crippen molar-refractivity contribution in [3.05, 3.63) is 52.3 Å². The summed E-state index contributed by atoms with van der Waals surface area (Å²) < 4.78 is 0. The molecule has 0 atom stereocenters. The minimum atomic E-state index is -0.296. The van der Waals surface area contributed by atoms with E-state index in [9.17, 15) is 4.79 Å². The van der Waals surface area contributed by atoms with Gasteiger partial charge in [0.05, 0.1) is 15.7 Å². The Labute approximate surface area is 151 Å². The van der Waals surface area contributed by atoms with E-state index >= 15 is 0 Å². The Balaban J connectivity index is 1.77. The zero-order valence-corrected chi connectivity index (χ0v) is 14.8. The number of pyridine rings is 1. The summed E-state index contributed by atoms with van der Waals surface area (Å²) in [7, 11) is 0. The van der Waals surface area contributed by atoms with Gasteiger partial charge in [-0.25, -0.2) is 0 Å². The van der Waals surface area contributed by atoms with Crippen molar-refractivity contribution >= 4 is 40.5 Å². The fourth-order valence-corrected chi connectivity index (χ4v) is 3.20. The predicted octanol–water partition coefficient (Wildman–Crippen LogP) is 5.02. The molecule has 1 fully saturated rings. The van der Waals surface area contributed by atoms with E-state index in [0.717, 1.165) is 18.8 Å². The molecule has 1 aliphatic heterocycles. The molecule has 0 spiro atoms. The van der Waals surface area contributed by atoms with Crippen molar-refractivity contribution in [3.8, 4) is 0 Å². The molecule has 0 radical (unpaired) electrons. The Morgan fingerprint density at radius 2 is 1.83 bits per heavy atom. The molecule has 0 unspecified atom stereocenters. The SMILES string of the molecule is O=C(Nc1cccc(Cl)c1Cl)c1cc(N2CCCCCC2)ccn1. The van der Waals surface area contributed by atoms with Crippen LogP contribution in [0, 0.1) is 0 Å². The molecule has 1 aliphatic rings. The second-order valence-corrected chi connectivity index (χ2v) is 6.64. The van der Waals surface area contributed by atoms with E-state index in [-0.39, 0.29) is 5.91 Å². The third-order valence-electron chi connectivity index (χ3n) is 4.15. The number of aromatic nitrogens is 1. The van der Waals surface area contributed by atoms with Gasteiger partial charge < -0.3 is 10.2 Å². The van der Waals surface area contributed by atoms with Crippen molar-refractivity contribution < 1.29 is 4.79 Å². The molecule has 6 heteroatoms. The van der Waals surface area contributed by atoms with E-state index in [1.54, 1.807) is 24.4 Å². The molecule has 2 heterocycles. The highest BCUT2D eigenvalue weighted by molar-refractivity contribution is 6.44. The monoisotopic (exact) mass is 363 g/mol. The van der Waals surface area contributed by atoms with Gasteiger partial charge in [-0.15, -0.1) is 0 Å². The first kappa shape index (κ1) is 17.1. The molecule has 1 amide bonds. The van der Waals surface area contributed by atoms with Crippen LogP contribution in [-0.4, -0.2) is 24.0 Å². The number of nitrogens with zero attached hydrogens (tertiary/aromatic N) is 2. The van der Waals surface area contributed by atoms with Crippen LogP contribution in [0.15, 0.2) is 36.5 Å². The van der Waals surface area contributed by atoms with Crippen LogP contribution in [0.2, 0.25) is 10.0 Å². The molecule has 0 saturated carbocycles. The van der Waals surface area contributed by atoms with Gasteiger partial charge in [0.25, 0.3) is 5.91 Å². The van der Waals surface area contributed by atoms with Gasteiger partial charge in [-0.2, -0.15) is 0 Å². The van der Waals surface area contributed by atoms with Crippen LogP contribution in [0.4, 0.5) is 11.4 Å². The standard InChI is InChI=1S/C18H19Cl2N3O/c19-14-6-5-7-15(17(14)20)22-18(24)16-12-13(8-9-21-16)23-10-3-1-2-4-11-23/h5-9,12H,1-4,10-11H2,(H,22,24). The highest BCUT2D eigenvalue weighted by Gasteiger charge is 2.15. The van der Waals surface area contributed by atoms with Crippen molar-refractivity contribution in [1.82, 2.24) is 4.98 Å². The van der Waals surface area contributed by atoms with Gasteiger partial charge in [-0.1, -0.05) is 42.1 Å². The maximum Gasteiger partial charge on any atom is 0.274 e. The lowest BCUT2D eigenvalue weighted by Crippen LogP contribution is -2.24. The van der Waals surface area contributed by atoms with Crippen LogP contribution in [0.1, 0.15) is 36.2 Å². The number of carbonyl (C=O) groups is 1. The molecule has 4 nitrogen and oxygen atoms in total. The van der Waals surface area contributed by atoms with E-state index < -0.39 is 0 Å². The highest BCUT2D eigenvalue weighted by Crippen LogP contribution is 2.30. The van der Waals surface area contributed by atoms with Gasteiger partial charge >= 0.3 is 0 Å². The summed E-state index contributed by atoms with van der Waals surface area (Å²) in [6.07, 6.45) is 6.57. The van der Waals surface area contributed by atoms with Crippen LogP contribution in [0.3, 0.4) is 0 Å². The Hall–Kier alpha value is -1.78. The van der Waals surface area contributed by atoms with Crippen LogP contribution < -0.4 is 10.2 Å². The molecule has 1 aromatic heterocycles. The number of nitrogens with one attached hydrogen (secondary N) is 1. The summed E-state index contributed by atoms with van der Waals surface area (Å²) in [5.41, 5.74) is 1.89. The van der Waals surface area contributed by atoms with Gasteiger partial charge in [0, 0.05) is 25.0 Å². The summed E-state index contributed by atoms with van der Waals surface area (Å²) >= 11 is 12.1. The number of benzene rings is 1. The average Bonchev–Trinajstić information content (AvgIpc) is 2.88. The maximum absolute atomic E-state index is 12.5. The summed E-state index contributed by atoms with van der Waals surface area (Å²) in [6, 6.07) is 8.92. The third kappa shape index (κ3) is 4.00. The van der Waals surface area contributed by atoms with Gasteiger partial charge in [-0.05, 0) is 37.1 Å². The van der Waals surface area contributed by atoms with Gasteiger partial charge in [0.15, 0.2) is 0 Å². The number of halogens is 2. The molecule has 0 bridgehead atoms. The van der Waals surface area contributed by atoms with Crippen molar-refractivity contribution in [2.75, 3.05) is 23.3 Å². The molecule has 126 valence electrons. The Morgan fingerprint density at radius 1 is 1.08 bits per heavy atom. The smallest absolute Gasteiger partial charge is 0.274 e. The quantitative estimate of drug-likeness (QED) is 0.832. The lowest BCUT2D eigenvalue weighted by atomic mass is 10.2. The second kappa shape index (κ2) is 7.86. The number of hydrogen-bond acceptors (Lipinski definition) is 3. The van der Waals surface area contributed by atoms with Gasteiger partial charge in [-0.3, -0.25) is 9.78 Å². The first-order chi connectivity index (χ1) is 11.6. The predicted molar refractivity (Wildman–Crippen MR) is 99.3 cm³/mol. The maximum atomic E-state index is 12.5. The third-order valence-corrected chi connectivity index (χ3v) is 4.97. The van der Waals surface area contributed by atoms with E-state index in [2.05, 4.69) is 15.2 Å². The minimum Gasteiger partial charge on any atom is -0.371 e. The van der Waals surface area contributed by atoms with Gasteiger partial charge in [0.1, 0.15) is 5.69 Å². The lowest BCUT2D eigenvalue weighted by molar-refractivity contribution is 0.102. The molecule has 1 aromatic carbocycles. The normalized spacial score (nSPS) is 15.0. The zero-order valence-electron chi connectivity index (χ0n) is 13.3. The Bertz CT molecular complexity index is 728. The van der Waals surface area contributed by atoms with Crippen LogP contribution >= 0.6 is 23.2 Å². The van der Waals surface area contributed by atoms with Crippen LogP contribution in [-0.2, 0) is 0 Å². The molecular formula is C18H19Cl2N3O. The topological polar surface area (TPSA) is 45.2 Å². The van der Waals surface area contributed by atoms with E-state index in [1.807, 2.05) is 12.1 Å². The number of rotatable bonds is 3. The van der Waals surface area contributed by atoms with E-state index in [1.165, 1.54) is 25.7 Å². The first-order valence-corrected chi connectivity index (χ1v) is 8.87. The number of hydrogen-bond donors (Lipinski definition) is 1. The number of anilines is 2. The van der Waals surface area contributed by atoms with Crippen LogP contribution in [0.25, 0.3) is 0 Å². The number of carbonyl (C=O) groups excluding carboxylic acids is 1. The summed E-state index contributed by atoms with van der Waals surface area (Å²) in [5, 5.41) is 3.51. The first-order valence-electron chi connectivity index (χ1n) is 8.11. The Kier molecular flexibility index (Phi) is 5.59. The molecule has 1 saturated heterocycles. The largest absolute Gasteiger partial charge is 0.371 e. The van der Waals surface area contributed by atoms with Gasteiger partial charge in [0.2, 0.25) is 0 Å². The molecule has 1 N–H and O–H groups in total. The molecule has 3 rings (SSSR count). The van der Waals surface area contributed by atoms with Crippen molar-refractivity contribution in [2.24, 2.45) is 0 Å². The van der Waals surface area contributed by atoms with E-state index in [4.69, 9.17) is 23.2 Å². The lowest BCUT2D eigenvalue weighted by Gasteiger charge is -2.22. The van der Waals surface area contributed by atoms with Crippen molar-refractivity contribution in [1.29, 1.82) is 0 Å². The summed E-state index contributed by atoms with van der Waals surface area (Å²) in [5.74, 6) is -0.296.